The number of piperazine rings is 1. The smallest absolute Gasteiger partial charge is 0.138 e. The van der Waals surface area contributed by atoms with Crippen LogP contribution in [0.5, 0.6) is 5.75 Å². The summed E-state index contributed by atoms with van der Waals surface area (Å²) in [5, 5.41) is 22.1. The molecule has 0 bridgehead atoms. The summed E-state index contributed by atoms with van der Waals surface area (Å²) in [5.41, 5.74) is 0.886. The van der Waals surface area contributed by atoms with Crippen LogP contribution in [0.4, 0.5) is 5.69 Å². The summed E-state index contributed by atoms with van der Waals surface area (Å²) in [6.45, 7) is 4.99. The molecule has 0 amide bonds. The third-order valence-electron chi connectivity index (χ3n) is 4.20. The first-order valence-corrected chi connectivity index (χ1v) is 9.14. The van der Waals surface area contributed by atoms with Crippen molar-refractivity contribution in [2.75, 3.05) is 44.2 Å². The van der Waals surface area contributed by atoms with Crippen LogP contribution in [0.1, 0.15) is 4.88 Å². The molecule has 0 radical (unpaired) electrons. The number of aliphatic hydroxyl groups is 1. The molecule has 2 heterocycles. The number of nitrogens with zero attached hydrogens (tertiary/aromatic N) is 2. The van der Waals surface area contributed by atoms with Gasteiger partial charge in [-0.1, -0.05) is 18.2 Å². The molecule has 1 aromatic carbocycles. The number of hydrogen-bond donors (Lipinski definition) is 2. The Morgan fingerprint density at radius 3 is 2.58 bits per heavy atom. The first-order valence-electron chi connectivity index (χ1n) is 8.26. The second-order valence-electron chi connectivity index (χ2n) is 6.02. The Bertz CT molecular complexity index is 612. The van der Waals surface area contributed by atoms with E-state index in [0.717, 1.165) is 31.9 Å². The third-order valence-corrected chi connectivity index (χ3v) is 5.05. The van der Waals surface area contributed by atoms with Gasteiger partial charge in [0.2, 0.25) is 0 Å². The molecule has 1 aliphatic rings. The van der Waals surface area contributed by atoms with Crippen LogP contribution in [-0.4, -0.2) is 60.5 Å². The molecule has 2 N–H and O–H groups in total. The van der Waals surface area contributed by atoms with Gasteiger partial charge in [-0.05, 0) is 23.6 Å². The monoisotopic (exact) mass is 348 g/mol. The van der Waals surface area contributed by atoms with Gasteiger partial charge in [-0.15, -0.1) is 11.3 Å². The van der Waals surface area contributed by atoms with Crippen LogP contribution in [0.15, 0.2) is 41.8 Å². The Hall–Kier alpha value is -1.60. The summed E-state index contributed by atoms with van der Waals surface area (Å²) in [5.74, 6) is 0.327. The van der Waals surface area contributed by atoms with E-state index in [9.17, 15) is 10.2 Å². The van der Waals surface area contributed by atoms with Crippen LogP contribution in [-0.2, 0) is 11.3 Å². The van der Waals surface area contributed by atoms with E-state index in [1.807, 2.05) is 35.7 Å². The van der Waals surface area contributed by atoms with Crippen molar-refractivity contribution in [1.29, 1.82) is 0 Å². The Morgan fingerprint density at radius 1 is 1.08 bits per heavy atom. The van der Waals surface area contributed by atoms with E-state index in [2.05, 4.69) is 9.80 Å². The Labute approximate surface area is 146 Å². The summed E-state index contributed by atoms with van der Waals surface area (Å²) in [7, 11) is 0. The molecule has 2 aromatic rings. The van der Waals surface area contributed by atoms with Gasteiger partial charge in [0.1, 0.15) is 5.75 Å². The van der Waals surface area contributed by atoms with Gasteiger partial charge in [0, 0.05) is 37.6 Å². The first-order chi connectivity index (χ1) is 11.7. The minimum Gasteiger partial charge on any atom is -0.506 e. The number of anilines is 1. The molecule has 24 heavy (non-hydrogen) atoms. The number of para-hydroxylation sites is 2. The number of ether oxygens (including phenoxy) is 1. The lowest BCUT2D eigenvalue weighted by Crippen LogP contribution is -2.49. The lowest BCUT2D eigenvalue weighted by atomic mass is 10.2. The number of benzene rings is 1. The van der Waals surface area contributed by atoms with E-state index in [4.69, 9.17) is 4.74 Å². The van der Waals surface area contributed by atoms with E-state index < -0.39 is 6.10 Å². The maximum absolute atomic E-state index is 10.1. The largest absolute Gasteiger partial charge is 0.506 e. The van der Waals surface area contributed by atoms with Gasteiger partial charge < -0.3 is 19.8 Å². The summed E-state index contributed by atoms with van der Waals surface area (Å²) in [4.78, 5) is 5.61. The van der Waals surface area contributed by atoms with Crippen molar-refractivity contribution in [2.45, 2.75) is 12.7 Å². The van der Waals surface area contributed by atoms with Crippen LogP contribution in [0.3, 0.4) is 0 Å². The zero-order chi connectivity index (χ0) is 16.8. The number of phenolic OH excluding ortho intramolecular Hbond substituents is 1. The summed E-state index contributed by atoms with van der Waals surface area (Å²) >= 11 is 1.67. The van der Waals surface area contributed by atoms with Gasteiger partial charge >= 0.3 is 0 Å². The number of hydrogen-bond acceptors (Lipinski definition) is 6. The fourth-order valence-electron chi connectivity index (χ4n) is 2.94. The van der Waals surface area contributed by atoms with Crippen molar-refractivity contribution < 1.29 is 14.9 Å². The molecule has 1 saturated heterocycles. The lowest BCUT2D eigenvalue weighted by Gasteiger charge is -2.37. The highest BCUT2D eigenvalue weighted by Crippen LogP contribution is 2.27. The number of aliphatic hydroxyl groups excluding tert-OH is 1. The van der Waals surface area contributed by atoms with Gasteiger partial charge in [0.15, 0.2) is 0 Å². The normalized spacial score (nSPS) is 17.1. The Balaban J connectivity index is 1.38. The molecule has 1 aliphatic heterocycles. The molecule has 1 aromatic heterocycles. The minimum absolute atomic E-state index is 0.327. The number of thiophene rings is 1. The van der Waals surface area contributed by atoms with Gasteiger partial charge in [-0.3, -0.25) is 4.90 Å². The first kappa shape index (κ1) is 17.2. The highest BCUT2D eigenvalue weighted by Gasteiger charge is 2.20. The molecule has 1 fully saturated rings. The van der Waals surface area contributed by atoms with Crippen molar-refractivity contribution in [1.82, 2.24) is 4.90 Å². The Morgan fingerprint density at radius 2 is 1.88 bits per heavy atom. The van der Waals surface area contributed by atoms with E-state index in [0.29, 0.717) is 25.5 Å². The Kier molecular flexibility index (Phi) is 6.09. The van der Waals surface area contributed by atoms with Gasteiger partial charge in [-0.25, -0.2) is 0 Å². The zero-order valence-electron chi connectivity index (χ0n) is 13.7. The van der Waals surface area contributed by atoms with E-state index in [-0.39, 0.29) is 0 Å². The molecule has 1 unspecified atom stereocenters. The number of β-amino-alcohol motifs (C(OH)–C–C–N with tert-alkyl or cyclic N) is 1. The molecule has 130 valence electrons. The topological polar surface area (TPSA) is 56.2 Å². The molecule has 3 rings (SSSR count). The fourth-order valence-corrected chi connectivity index (χ4v) is 3.58. The molecule has 5 nitrogen and oxygen atoms in total. The van der Waals surface area contributed by atoms with Gasteiger partial charge in [-0.2, -0.15) is 0 Å². The van der Waals surface area contributed by atoms with Crippen LogP contribution in [0, 0.1) is 0 Å². The quantitative estimate of drug-likeness (QED) is 0.803. The van der Waals surface area contributed by atoms with Crippen molar-refractivity contribution >= 4 is 17.0 Å². The number of aromatic hydroxyl groups is 1. The number of rotatable bonds is 7. The van der Waals surface area contributed by atoms with E-state index in [1.165, 1.54) is 4.88 Å². The van der Waals surface area contributed by atoms with Crippen molar-refractivity contribution in [3.05, 3.63) is 46.7 Å². The van der Waals surface area contributed by atoms with Gasteiger partial charge in [0.05, 0.1) is 25.0 Å². The third kappa shape index (κ3) is 4.70. The molecule has 0 aliphatic carbocycles. The van der Waals surface area contributed by atoms with E-state index >= 15 is 0 Å². The van der Waals surface area contributed by atoms with Crippen LogP contribution in [0.2, 0.25) is 0 Å². The van der Waals surface area contributed by atoms with Crippen molar-refractivity contribution in [3.63, 3.8) is 0 Å². The fraction of sp³-hybridized carbons (Fsp3) is 0.444. The molecular formula is C18H24N2O3S. The van der Waals surface area contributed by atoms with Crippen LogP contribution < -0.4 is 4.90 Å². The van der Waals surface area contributed by atoms with E-state index in [1.54, 1.807) is 17.4 Å². The summed E-state index contributed by atoms with van der Waals surface area (Å²) in [6, 6.07) is 11.5. The molecule has 0 spiro atoms. The number of phenols is 1. The molecule has 1 atom stereocenters. The second kappa shape index (κ2) is 8.48. The SMILES string of the molecule is Oc1ccccc1N1CCN(CC(O)COCc2cccs2)CC1. The highest BCUT2D eigenvalue weighted by molar-refractivity contribution is 7.09. The summed E-state index contributed by atoms with van der Waals surface area (Å²) in [6.07, 6.45) is -0.471. The zero-order valence-corrected chi connectivity index (χ0v) is 14.5. The highest BCUT2D eigenvalue weighted by atomic mass is 32.1. The maximum atomic E-state index is 10.1. The summed E-state index contributed by atoms with van der Waals surface area (Å²) < 4.78 is 5.58. The molecule has 0 saturated carbocycles. The minimum atomic E-state index is -0.471. The average molecular weight is 348 g/mol. The predicted molar refractivity (Wildman–Crippen MR) is 96.7 cm³/mol. The van der Waals surface area contributed by atoms with Crippen molar-refractivity contribution in [3.8, 4) is 5.75 Å². The van der Waals surface area contributed by atoms with Crippen LogP contribution >= 0.6 is 11.3 Å². The average Bonchev–Trinajstić information content (AvgIpc) is 3.10. The van der Waals surface area contributed by atoms with Crippen molar-refractivity contribution in [2.24, 2.45) is 0 Å². The lowest BCUT2D eigenvalue weighted by molar-refractivity contribution is 0.00990. The predicted octanol–water partition coefficient (Wildman–Crippen LogP) is 2.15. The maximum Gasteiger partial charge on any atom is 0.138 e. The molecule has 6 heteroatoms. The second-order valence-corrected chi connectivity index (χ2v) is 7.06. The van der Waals surface area contributed by atoms with Gasteiger partial charge in [0.25, 0.3) is 0 Å². The molecular weight excluding hydrogens is 324 g/mol. The van der Waals surface area contributed by atoms with Crippen LogP contribution in [0.25, 0.3) is 0 Å². The standard InChI is InChI=1S/C18H24N2O3S/c21-15(13-23-14-16-4-3-11-24-16)12-19-7-9-20(10-8-19)17-5-1-2-6-18(17)22/h1-6,11,15,21-22H,7-10,12-14H2.